The van der Waals surface area contributed by atoms with Crippen LogP contribution >= 0.6 is 0 Å². The van der Waals surface area contributed by atoms with Gasteiger partial charge in [0.1, 0.15) is 0 Å². The highest BCUT2D eigenvalue weighted by molar-refractivity contribution is 5.47. The van der Waals surface area contributed by atoms with Gasteiger partial charge >= 0.3 is 0 Å². The number of hydrogen-bond donors (Lipinski definition) is 3. The lowest BCUT2D eigenvalue weighted by Gasteiger charge is -2.19. The molecule has 3 nitrogen and oxygen atoms in total. The maximum atomic E-state index is 9.64. The summed E-state index contributed by atoms with van der Waals surface area (Å²) in [5.74, 6) is -0.329. The number of phenolic OH excluding ortho intramolecular Hbond substituents is 2. The molecule has 3 heteroatoms. The standard InChI is InChI=1S/C10H14O3/c1-6-4-7(10(2,3)13)5-8(11)9(6)12/h4-5,11-13H,1-3H3. The summed E-state index contributed by atoms with van der Waals surface area (Å²) in [6, 6.07) is 3.01. The van der Waals surface area contributed by atoms with Gasteiger partial charge in [-0.2, -0.15) is 0 Å². The van der Waals surface area contributed by atoms with E-state index < -0.39 is 5.60 Å². The molecule has 0 aromatic heterocycles. The van der Waals surface area contributed by atoms with E-state index >= 15 is 0 Å². The van der Waals surface area contributed by atoms with Crippen LogP contribution in [0.4, 0.5) is 0 Å². The molecule has 0 saturated heterocycles. The highest BCUT2D eigenvalue weighted by Crippen LogP contribution is 2.33. The molecule has 0 aliphatic rings. The number of aliphatic hydroxyl groups is 1. The highest BCUT2D eigenvalue weighted by atomic mass is 16.3. The second-order valence-electron chi connectivity index (χ2n) is 3.72. The van der Waals surface area contributed by atoms with Gasteiger partial charge in [-0.3, -0.25) is 0 Å². The molecule has 0 fully saturated rings. The van der Waals surface area contributed by atoms with Crippen molar-refractivity contribution in [2.75, 3.05) is 0 Å². The van der Waals surface area contributed by atoms with Crippen molar-refractivity contribution >= 4 is 0 Å². The molecule has 72 valence electrons. The Labute approximate surface area is 77.3 Å². The van der Waals surface area contributed by atoms with E-state index in [1.54, 1.807) is 26.8 Å². The molecule has 0 aliphatic carbocycles. The summed E-state index contributed by atoms with van der Waals surface area (Å²) in [5, 5.41) is 28.2. The molecule has 1 rings (SSSR count). The first-order valence-electron chi connectivity index (χ1n) is 4.08. The van der Waals surface area contributed by atoms with Crippen LogP contribution in [0.5, 0.6) is 11.5 Å². The van der Waals surface area contributed by atoms with Crippen molar-refractivity contribution in [2.24, 2.45) is 0 Å². The van der Waals surface area contributed by atoms with Crippen LogP contribution in [0.3, 0.4) is 0 Å². The van der Waals surface area contributed by atoms with Crippen LogP contribution in [0.25, 0.3) is 0 Å². The number of benzene rings is 1. The van der Waals surface area contributed by atoms with E-state index in [1.807, 2.05) is 0 Å². The summed E-state index contributed by atoms with van der Waals surface area (Å²) in [7, 11) is 0. The number of hydrogen-bond acceptors (Lipinski definition) is 3. The molecule has 0 heterocycles. The van der Waals surface area contributed by atoms with Crippen LogP contribution in [0.2, 0.25) is 0 Å². The molecule has 13 heavy (non-hydrogen) atoms. The third kappa shape index (κ3) is 1.92. The summed E-state index contributed by atoms with van der Waals surface area (Å²) in [4.78, 5) is 0. The second-order valence-corrected chi connectivity index (χ2v) is 3.72. The average Bonchev–Trinajstić information content (AvgIpc) is 1.97. The highest BCUT2D eigenvalue weighted by Gasteiger charge is 2.18. The summed E-state index contributed by atoms with van der Waals surface area (Å²) in [6.45, 7) is 4.92. The van der Waals surface area contributed by atoms with Crippen molar-refractivity contribution in [3.05, 3.63) is 23.3 Å². The van der Waals surface area contributed by atoms with Gasteiger partial charge < -0.3 is 15.3 Å². The Morgan fingerprint density at radius 2 is 1.69 bits per heavy atom. The third-order valence-corrected chi connectivity index (χ3v) is 1.99. The van der Waals surface area contributed by atoms with Crippen LogP contribution < -0.4 is 0 Å². The van der Waals surface area contributed by atoms with Gasteiger partial charge in [-0.1, -0.05) is 0 Å². The van der Waals surface area contributed by atoms with Gasteiger partial charge in [0.05, 0.1) is 5.60 Å². The van der Waals surface area contributed by atoms with Gasteiger partial charge in [0.2, 0.25) is 0 Å². The minimum Gasteiger partial charge on any atom is -0.504 e. The molecule has 0 spiro atoms. The van der Waals surface area contributed by atoms with Crippen LogP contribution in [0.15, 0.2) is 12.1 Å². The Bertz CT molecular complexity index is 300. The van der Waals surface area contributed by atoms with Gasteiger partial charge in [0, 0.05) is 0 Å². The largest absolute Gasteiger partial charge is 0.504 e. The van der Waals surface area contributed by atoms with Crippen molar-refractivity contribution in [1.29, 1.82) is 0 Å². The predicted molar refractivity (Wildman–Crippen MR) is 49.8 cm³/mol. The first-order valence-corrected chi connectivity index (χ1v) is 4.08. The molecular formula is C10H14O3. The Morgan fingerprint density at radius 3 is 2.08 bits per heavy atom. The Morgan fingerprint density at radius 1 is 1.15 bits per heavy atom. The van der Waals surface area contributed by atoms with Crippen molar-refractivity contribution in [3.8, 4) is 11.5 Å². The molecule has 0 atom stereocenters. The molecular weight excluding hydrogens is 168 g/mol. The molecule has 1 aromatic rings. The number of rotatable bonds is 1. The zero-order valence-electron chi connectivity index (χ0n) is 8.00. The lowest BCUT2D eigenvalue weighted by Crippen LogP contribution is -2.15. The van der Waals surface area contributed by atoms with Gasteiger partial charge in [0.15, 0.2) is 11.5 Å². The van der Waals surface area contributed by atoms with E-state index in [1.165, 1.54) is 6.07 Å². The van der Waals surface area contributed by atoms with E-state index in [9.17, 15) is 15.3 Å². The lowest BCUT2D eigenvalue weighted by atomic mass is 9.96. The Kier molecular flexibility index (Phi) is 2.22. The van der Waals surface area contributed by atoms with Gasteiger partial charge in [-0.25, -0.2) is 0 Å². The van der Waals surface area contributed by atoms with Crippen molar-refractivity contribution in [1.82, 2.24) is 0 Å². The smallest absolute Gasteiger partial charge is 0.160 e. The quantitative estimate of drug-likeness (QED) is 0.578. The molecule has 0 amide bonds. The van der Waals surface area contributed by atoms with Gasteiger partial charge in [0.25, 0.3) is 0 Å². The monoisotopic (exact) mass is 182 g/mol. The van der Waals surface area contributed by atoms with E-state index in [2.05, 4.69) is 0 Å². The number of aromatic hydroxyl groups is 2. The number of aryl methyl sites for hydroxylation is 1. The fourth-order valence-corrected chi connectivity index (χ4v) is 1.11. The molecule has 0 radical (unpaired) electrons. The molecule has 3 N–H and O–H groups in total. The van der Waals surface area contributed by atoms with Crippen molar-refractivity contribution in [3.63, 3.8) is 0 Å². The normalized spacial score (nSPS) is 11.7. The maximum Gasteiger partial charge on any atom is 0.160 e. The fourth-order valence-electron chi connectivity index (χ4n) is 1.11. The molecule has 0 saturated carbocycles. The summed E-state index contributed by atoms with van der Waals surface area (Å²) >= 11 is 0. The first kappa shape index (κ1) is 9.86. The zero-order valence-corrected chi connectivity index (χ0v) is 8.00. The molecule has 0 aliphatic heterocycles. The minimum absolute atomic E-state index is 0.131. The first-order chi connectivity index (χ1) is 5.82. The minimum atomic E-state index is -1.00. The maximum absolute atomic E-state index is 9.64. The fraction of sp³-hybridized carbons (Fsp3) is 0.400. The van der Waals surface area contributed by atoms with Gasteiger partial charge in [-0.15, -0.1) is 0 Å². The summed E-state index contributed by atoms with van der Waals surface area (Å²) < 4.78 is 0. The van der Waals surface area contributed by atoms with Crippen LogP contribution in [0.1, 0.15) is 25.0 Å². The van der Waals surface area contributed by atoms with Crippen LogP contribution in [0, 0.1) is 6.92 Å². The third-order valence-electron chi connectivity index (χ3n) is 1.99. The molecule has 0 unspecified atom stereocenters. The SMILES string of the molecule is Cc1cc(C(C)(C)O)cc(O)c1O. The van der Waals surface area contributed by atoms with Crippen molar-refractivity contribution < 1.29 is 15.3 Å². The Hall–Kier alpha value is -1.22. The van der Waals surface area contributed by atoms with Crippen molar-refractivity contribution in [2.45, 2.75) is 26.4 Å². The molecule has 1 aromatic carbocycles. The summed E-state index contributed by atoms with van der Waals surface area (Å²) in [5.41, 5.74) is 0.132. The Balaban J connectivity index is 3.29. The topological polar surface area (TPSA) is 60.7 Å². The van der Waals surface area contributed by atoms with Crippen LogP contribution in [-0.4, -0.2) is 15.3 Å². The van der Waals surface area contributed by atoms with E-state index in [4.69, 9.17) is 0 Å². The average molecular weight is 182 g/mol. The summed E-state index contributed by atoms with van der Waals surface area (Å²) in [6.07, 6.45) is 0. The van der Waals surface area contributed by atoms with E-state index in [0.29, 0.717) is 11.1 Å². The second kappa shape index (κ2) is 2.92. The molecule has 0 bridgehead atoms. The van der Waals surface area contributed by atoms with E-state index in [0.717, 1.165) is 0 Å². The van der Waals surface area contributed by atoms with E-state index in [-0.39, 0.29) is 11.5 Å². The van der Waals surface area contributed by atoms with Gasteiger partial charge in [-0.05, 0) is 44.0 Å². The lowest BCUT2D eigenvalue weighted by molar-refractivity contribution is 0.0782. The van der Waals surface area contributed by atoms with Crippen LogP contribution in [-0.2, 0) is 5.60 Å². The zero-order chi connectivity index (χ0) is 10.2. The number of phenols is 2. The predicted octanol–water partition coefficient (Wildman–Crippen LogP) is 1.63.